The molecule has 1 N–H and O–H groups in total. The van der Waals surface area contributed by atoms with E-state index in [0.29, 0.717) is 17.3 Å². The Morgan fingerprint density at radius 2 is 2.00 bits per heavy atom. The Balaban J connectivity index is 1.75. The highest BCUT2D eigenvalue weighted by atomic mass is 16.5. The van der Waals surface area contributed by atoms with Crippen LogP contribution in [-0.2, 0) is 6.42 Å². The molecule has 104 valence electrons. The minimum Gasteiger partial charge on any atom is -0.496 e. The number of methoxy groups -OCH3 is 1. The molecule has 1 aromatic carbocycles. The summed E-state index contributed by atoms with van der Waals surface area (Å²) in [6, 6.07) is 8.18. The first-order valence-corrected chi connectivity index (χ1v) is 7.34. The van der Waals surface area contributed by atoms with Gasteiger partial charge in [-0.1, -0.05) is 32.0 Å². The van der Waals surface area contributed by atoms with Gasteiger partial charge in [-0.2, -0.15) is 0 Å². The molecular weight excluding hydrogens is 236 g/mol. The molecule has 1 aromatic rings. The van der Waals surface area contributed by atoms with Gasteiger partial charge in [0, 0.05) is 0 Å². The van der Waals surface area contributed by atoms with Gasteiger partial charge in [0.1, 0.15) is 5.75 Å². The van der Waals surface area contributed by atoms with Crippen molar-refractivity contribution in [1.29, 1.82) is 0 Å². The smallest absolute Gasteiger partial charge is 0.122 e. The standard InChI is InChI=1S/C17H24O2/c1-17(2)13-9-12(16(18)14(17)10-13)8-11-6-4-5-7-15(11)19-3/h4-7,12-14,16,18H,8-10H2,1-3H3/t12-,13-,14-,16-/m0/s1. The molecule has 0 spiro atoms. The first-order valence-electron chi connectivity index (χ1n) is 7.34. The van der Waals surface area contributed by atoms with Gasteiger partial charge in [0.05, 0.1) is 13.2 Å². The van der Waals surface area contributed by atoms with Crippen LogP contribution < -0.4 is 4.74 Å². The predicted octanol–water partition coefficient (Wildman–Crippen LogP) is 3.28. The van der Waals surface area contributed by atoms with Crippen molar-refractivity contribution in [1.82, 2.24) is 0 Å². The van der Waals surface area contributed by atoms with Crippen LogP contribution in [0, 0.1) is 23.2 Å². The van der Waals surface area contributed by atoms with Crippen molar-refractivity contribution in [2.45, 2.75) is 39.2 Å². The average Bonchev–Trinajstić information content (AvgIpc) is 2.41. The number of para-hydroxylation sites is 1. The second-order valence-electron chi connectivity index (χ2n) is 6.86. The fourth-order valence-corrected chi connectivity index (χ4v) is 4.23. The number of hydrogen-bond acceptors (Lipinski definition) is 2. The number of fused-ring (bicyclic) bond motifs is 2. The molecule has 2 nitrogen and oxygen atoms in total. The number of ether oxygens (including phenoxy) is 1. The largest absolute Gasteiger partial charge is 0.496 e. The van der Waals surface area contributed by atoms with E-state index >= 15 is 0 Å². The number of aliphatic hydroxyl groups excluding tert-OH is 1. The zero-order valence-corrected chi connectivity index (χ0v) is 12.1. The van der Waals surface area contributed by atoms with Crippen LogP contribution in [0.3, 0.4) is 0 Å². The molecule has 4 rings (SSSR count). The third-order valence-electron chi connectivity index (χ3n) is 5.70. The highest BCUT2D eigenvalue weighted by molar-refractivity contribution is 5.34. The van der Waals surface area contributed by atoms with E-state index in [0.717, 1.165) is 24.5 Å². The summed E-state index contributed by atoms with van der Waals surface area (Å²) in [5.41, 5.74) is 1.57. The summed E-state index contributed by atoms with van der Waals surface area (Å²) in [6.07, 6.45) is 3.16. The Kier molecular flexibility index (Phi) is 3.09. The first kappa shape index (κ1) is 13.0. The van der Waals surface area contributed by atoms with Crippen LogP contribution in [0.25, 0.3) is 0 Å². The quantitative estimate of drug-likeness (QED) is 0.903. The molecule has 0 radical (unpaired) electrons. The molecule has 3 saturated carbocycles. The maximum Gasteiger partial charge on any atom is 0.122 e. The number of hydrogen-bond donors (Lipinski definition) is 1. The molecule has 2 heteroatoms. The van der Waals surface area contributed by atoms with Crippen LogP contribution in [0.5, 0.6) is 5.75 Å². The second kappa shape index (κ2) is 4.52. The Labute approximate surface area is 115 Å². The molecule has 0 saturated heterocycles. The number of benzene rings is 1. The van der Waals surface area contributed by atoms with Gasteiger partial charge in [0.25, 0.3) is 0 Å². The Morgan fingerprint density at radius 3 is 2.63 bits per heavy atom. The highest BCUT2D eigenvalue weighted by Crippen LogP contribution is 2.61. The van der Waals surface area contributed by atoms with Crippen LogP contribution in [-0.4, -0.2) is 18.3 Å². The molecular formula is C17H24O2. The van der Waals surface area contributed by atoms with Crippen molar-refractivity contribution in [2.75, 3.05) is 7.11 Å². The van der Waals surface area contributed by atoms with E-state index in [1.807, 2.05) is 12.1 Å². The predicted molar refractivity (Wildman–Crippen MR) is 76.2 cm³/mol. The lowest BCUT2D eigenvalue weighted by molar-refractivity contribution is -0.169. The van der Waals surface area contributed by atoms with Crippen molar-refractivity contribution in [3.63, 3.8) is 0 Å². The molecule has 3 aliphatic carbocycles. The highest BCUT2D eigenvalue weighted by Gasteiger charge is 2.57. The molecule has 2 bridgehead atoms. The van der Waals surface area contributed by atoms with Gasteiger partial charge in [-0.25, -0.2) is 0 Å². The lowest BCUT2D eigenvalue weighted by Crippen LogP contribution is -2.58. The fraction of sp³-hybridized carbons (Fsp3) is 0.647. The van der Waals surface area contributed by atoms with E-state index in [4.69, 9.17) is 4.74 Å². The fourth-order valence-electron chi connectivity index (χ4n) is 4.23. The molecule has 3 fully saturated rings. The van der Waals surface area contributed by atoms with Crippen LogP contribution in [0.1, 0.15) is 32.3 Å². The monoisotopic (exact) mass is 260 g/mol. The minimum absolute atomic E-state index is 0.148. The van der Waals surface area contributed by atoms with E-state index in [-0.39, 0.29) is 6.10 Å². The van der Waals surface area contributed by atoms with Crippen molar-refractivity contribution < 1.29 is 9.84 Å². The summed E-state index contributed by atoms with van der Waals surface area (Å²) >= 11 is 0. The lowest BCUT2D eigenvalue weighted by atomic mass is 9.45. The minimum atomic E-state index is -0.148. The molecule has 0 unspecified atom stereocenters. The Bertz CT molecular complexity index is 466. The van der Waals surface area contributed by atoms with E-state index in [1.54, 1.807) is 7.11 Å². The molecule has 0 aromatic heterocycles. The van der Waals surface area contributed by atoms with Gasteiger partial charge in [-0.15, -0.1) is 0 Å². The first-order chi connectivity index (χ1) is 9.04. The number of rotatable bonds is 3. The summed E-state index contributed by atoms with van der Waals surface area (Å²) < 4.78 is 5.42. The normalized spacial score (nSPS) is 35.6. The second-order valence-corrected chi connectivity index (χ2v) is 6.86. The van der Waals surface area contributed by atoms with Gasteiger partial charge < -0.3 is 9.84 Å². The molecule has 19 heavy (non-hydrogen) atoms. The van der Waals surface area contributed by atoms with E-state index in [2.05, 4.69) is 26.0 Å². The van der Waals surface area contributed by atoms with E-state index in [1.165, 1.54) is 12.0 Å². The molecule has 0 amide bonds. The van der Waals surface area contributed by atoms with Crippen LogP contribution >= 0.6 is 0 Å². The summed E-state index contributed by atoms with van der Waals surface area (Å²) in [7, 11) is 1.72. The van der Waals surface area contributed by atoms with Crippen LogP contribution in [0.2, 0.25) is 0 Å². The van der Waals surface area contributed by atoms with Crippen LogP contribution in [0.15, 0.2) is 24.3 Å². The van der Waals surface area contributed by atoms with Gasteiger partial charge in [0.2, 0.25) is 0 Å². The van der Waals surface area contributed by atoms with Crippen molar-refractivity contribution in [3.8, 4) is 5.75 Å². The zero-order chi connectivity index (χ0) is 13.6. The van der Waals surface area contributed by atoms with Gasteiger partial charge >= 0.3 is 0 Å². The summed E-state index contributed by atoms with van der Waals surface area (Å²) in [5.74, 6) is 2.63. The van der Waals surface area contributed by atoms with Crippen molar-refractivity contribution in [2.24, 2.45) is 23.2 Å². The van der Waals surface area contributed by atoms with Gasteiger partial charge in [-0.3, -0.25) is 0 Å². The van der Waals surface area contributed by atoms with E-state index < -0.39 is 0 Å². The lowest BCUT2D eigenvalue weighted by Gasteiger charge is -2.61. The van der Waals surface area contributed by atoms with E-state index in [9.17, 15) is 5.11 Å². The van der Waals surface area contributed by atoms with Gasteiger partial charge in [0.15, 0.2) is 0 Å². The topological polar surface area (TPSA) is 29.5 Å². The summed E-state index contributed by atoms with van der Waals surface area (Å²) in [6.45, 7) is 4.63. The average molecular weight is 260 g/mol. The van der Waals surface area contributed by atoms with Gasteiger partial charge in [-0.05, 0) is 54.1 Å². The maximum absolute atomic E-state index is 10.6. The zero-order valence-electron chi connectivity index (χ0n) is 12.1. The van der Waals surface area contributed by atoms with Crippen molar-refractivity contribution in [3.05, 3.63) is 29.8 Å². The Morgan fingerprint density at radius 1 is 1.26 bits per heavy atom. The third kappa shape index (κ3) is 1.97. The Hall–Kier alpha value is -1.02. The SMILES string of the molecule is COc1ccccc1C[C@H]1C[C@H]2C[C@@H]([C@H]1O)C2(C)C. The summed E-state index contributed by atoms with van der Waals surface area (Å²) in [5, 5.41) is 10.6. The molecule has 0 heterocycles. The maximum atomic E-state index is 10.6. The molecule has 0 aliphatic heterocycles. The molecule has 4 atom stereocenters. The number of aliphatic hydroxyl groups is 1. The summed E-state index contributed by atoms with van der Waals surface area (Å²) in [4.78, 5) is 0. The third-order valence-corrected chi connectivity index (χ3v) is 5.70. The van der Waals surface area contributed by atoms with Crippen LogP contribution in [0.4, 0.5) is 0 Å². The van der Waals surface area contributed by atoms with Crippen molar-refractivity contribution >= 4 is 0 Å². The molecule has 3 aliphatic rings.